The summed E-state index contributed by atoms with van der Waals surface area (Å²) in [5, 5.41) is 0. The van der Waals surface area contributed by atoms with Crippen LogP contribution in [0.5, 0.6) is 0 Å². The Hall–Kier alpha value is -1.92. The number of fused-ring (bicyclic) bond motifs is 10. The van der Waals surface area contributed by atoms with Gasteiger partial charge in [0.1, 0.15) is 0 Å². The van der Waals surface area contributed by atoms with Crippen LogP contribution >= 0.6 is 0 Å². The van der Waals surface area contributed by atoms with Gasteiger partial charge in [-0.05, 0) is 0 Å². The van der Waals surface area contributed by atoms with Crippen molar-refractivity contribution in [2.45, 2.75) is 24.4 Å². The molecular formula is C17H12O6. The topological polar surface area (TPSA) is 86.7 Å². The van der Waals surface area contributed by atoms with Crippen molar-refractivity contribution in [3.8, 4) is 0 Å². The van der Waals surface area contributed by atoms with Gasteiger partial charge in [-0.3, -0.25) is 19.2 Å². The lowest BCUT2D eigenvalue weighted by Crippen LogP contribution is -2.48. The lowest BCUT2D eigenvalue weighted by atomic mass is 9.77. The summed E-state index contributed by atoms with van der Waals surface area (Å²) in [6.45, 7) is 0. The van der Waals surface area contributed by atoms with Crippen molar-refractivity contribution in [1.29, 1.82) is 0 Å². The molecule has 4 fully saturated rings. The molecule has 0 radical (unpaired) electrons. The fourth-order valence-corrected chi connectivity index (χ4v) is 5.59. The molecule has 2 saturated heterocycles. The van der Waals surface area contributed by atoms with Crippen LogP contribution in [0.1, 0.15) is 0 Å². The molecule has 0 N–H and O–H groups in total. The SMILES string of the molecule is O=C1C2C3C=CC(O3)C2C(=O)C12C(=O)C1C3C=CC(O3)C1C2=O. The Bertz CT molecular complexity index is 661. The van der Waals surface area contributed by atoms with Gasteiger partial charge in [0.25, 0.3) is 0 Å². The number of ketones is 4. The van der Waals surface area contributed by atoms with Crippen molar-refractivity contribution in [3.63, 3.8) is 0 Å². The number of carbonyl (C=O) groups excluding carboxylic acids is 4. The Balaban J connectivity index is 1.53. The number of hydrogen-bond donors (Lipinski definition) is 0. The van der Waals surface area contributed by atoms with Crippen LogP contribution in [0.3, 0.4) is 0 Å². The van der Waals surface area contributed by atoms with E-state index in [-0.39, 0.29) is 0 Å². The van der Waals surface area contributed by atoms with Crippen molar-refractivity contribution in [2.75, 3.05) is 0 Å². The fourth-order valence-electron chi connectivity index (χ4n) is 5.59. The number of ether oxygens (including phenoxy) is 2. The first-order valence-electron chi connectivity index (χ1n) is 7.91. The van der Waals surface area contributed by atoms with E-state index < -0.39 is 76.6 Å². The zero-order chi connectivity index (χ0) is 15.7. The second-order valence-corrected chi connectivity index (χ2v) is 7.21. The van der Waals surface area contributed by atoms with Crippen molar-refractivity contribution >= 4 is 23.1 Å². The predicted octanol–water partition coefficient (Wildman–Crippen LogP) is -0.584. The molecule has 0 aromatic carbocycles. The molecule has 2 saturated carbocycles. The number of carbonyl (C=O) groups is 4. The molecule has 0 amide bonds. The normalized spacial score (nSPS) is 57.4. The summed E-state index contributed by atoms with van der Waals surface area (Å²) in [5.41, 5.74) is -2.08. The summed E-state index contributed by atoms with van der Waals surface area (Å²) < 4.78 is 11.2. The smallest absolute Gasteiger partial charge is 0.205 e. The molecule has 0 aromatic rings. The molecule has 1 spiro atoms. The van der Waals surface area contributed by atoms with Crippen LogP contribution in [0.25, 0.3) is 0 Å². The molecule has 6 nitrogen and oxygen atoms in total. The minimum absolute atomic E-state index is 0.479. The standard InChI is InChI=1S/C17H12O6/c18-13-9-5-1-2-6(22-5)10(9)14(19)17(13)15(20)11-7-3-4-8(23-7)12(11)16(17)21/h1-12H. The Morgan fingerprint density at radius 1 is 0.565 bits per heavy atom. The van der Waals surface area contributed by atoms with Gasteiger partial charge in [-0.2, -0.15) is 0 Å². The van der Waals surface area contributed by atoms with E-state index in [1.165, 1.54) is 0 Å². The van der Waals surface area contributed by atoms with Crippen LogP contribution in [0, 0.1) is 29.1 Å². The lowest BCUT2D eigenvalue weighted by Gasteiger charge is -2.21. The maximum Gasteiger partial charge on any atom is 0.205 e. The summed E-state index contributed by atoms with van der Waals surface area (Å²) in [6, 6.07) is 0. The maximum atomic E-state index is 13.1. The Morgan fingerprint density at radius 2 is 0.826 bits per heavy atom. The first-order chi connectivity index (χ1) is 11.1. The van der Waals surface area contributed by atoms with E-state index in [4.69, 9.17) is 9.47 Å². The van der Waals surface area contributed by atoms with Gasteiger partial charge in [-0.1, -0.05) is 24.3 Å². The van der Waals surface area contributed by atoms with Crippen LogP contribution in [-0.2, 0) is 28.7 Å². The van der Waals surface area contributed by atoms with E-state index in [1.807, 2.05) is 0 Å². The maximum absolute atomic E-state index is 13.1. The van der Waals surface area contributed by atoms with E-state index in [9.17, 15) is 19.2 Å². The van der Waals surface area contributed by atoms with Gasteiger partial charge in [0.15, 0.2) is 23.1 Å². The van der Waals surface area contributed by atoms with Crippen LogP contribution in [0.15, 0.2) is 24.3 Å². The molecule has 23 heavy (non-hydrogen) atoms. The number of rotatable bonds is 0. The largest absolute Gasteiger partial charge is 0.365 e. The van der Waals surface area contributed by atoms with E-state index in [0.717, 1.165) is 0 Å². The molecule has 8 unspecified atom stereocenters. The number of hydrogen-bond acceptors (Lipinski definition) is 6. The average Bonchev–Trinajstić information content (AvgIpc) is 3.33. The van der Waals surface area contributed by atoms with E-state index in [0.29, 0.717) is 0 Å². The van der Waals surface area contributed by atoms with Gasteiger partial charge in [0, 0.05) is 0 Å². The molecule has 116 valence electrons. The molecular weight excluding hydrogens is 300 g/mol. The third kappa shape index (κ3) is 1.02. The summed E-state index contributed by atoms with van der Waals surface area (Å²) in [5.74, 6) is -4.87. The Labute approximate surface area is 130 Å². The summed E-state index contributed by atoms with van der Waals surface area (Å²) in [7, 11) is 0. The zero-order valence-electron chi connectivity index (χ0n) is 11.9. The monoisotopic (exact) mass is 312 g/mol. The van der Waals surface area contributed by atoms with Gasteiger partial charge in [-0.25, -0.2) is 0 Å². The summed E-state index contributed by atoms with van der Waals surface area (Å²) >= 11 is 0. The minimum Gasteiger partial charge on any atom is -0.365 e. The van der Waals surface area contributed by atoms with E-state index in [1.54, 1.807) is 24.3 Å². The second-order valence-electron chi connectivity index (χ2n) is 7.21. The highest BCUT2D eigenvalue weighted by Crippen LogP contribution is 2.60. The lowest BCUT2D eigenvalue weighted by molar-refractivity contribution is -0.152. The molecule has 4 bridgehead atoms. The predicted molar refractivity (Wildman–Crippen MR) is 72.0 cm³/mol. The van der Waals surface area contributed by atoms with E-state index >= 15 is 0 Å². The highest BCUT2D eigenvalue weighted by molar-refractivity contribution is 6.46. The minimum atomic E-state index is -2.08. The van der Waals surface area contributed by atoms with Gasteiger partial charge >= 0.3 is 0 Å². The second kappa shape index (κ2) is 3.44. The fraction of sp³-hybridized carbons (Fsp3) is 0.529. The van der Waals surface area contributed by atoms with Crippen molar-refractivity contribution < 1.29 is 28.7 Å². The molecule has 4 heterocycles. The van der Waals surface area contributed by atoms with Crippen LogP contribution in [-0.4, -0.2) is 47.5 Å². The summed E-state index contributed by atoms with van der Waals surface area (Å²) in [4.78, 5) is 52.2. The van der Waals surface area contributed by atoms with Gasteiger partial charge in [0.05, 0.1) is 48.1 Å². The number of Topliss-reactive ketones (excluding diaryl/α,β-unsaturated/α-hetero) is 4. The van der Waals surface area contributed by atoms with Gasteiger partial charge in [-0.15, -0.1) is 0 Å². The molecule has 4 aliphatic heterocycles. The zero-order valence-corrected chi connectivity index (χ0v) is 11.9. The van der Waals surface area contributed by atoms with Crippen molar-refractivity contribution in [1.82, 2.24) is 0 Å². The average molecular weight is 312 g/mol. The molecule has 6 aliphatic rings. The first kappa shape index (κ1) is 12.5. The van der Waals surface area contributed by atoms with Crippen molar-refractivity contribution in [3.05, 3.63) is 24.3 Å². The third-order valence-electron chi connectivity index (χ3n) is 6.49. The molecule has 2 aliphatic carbocycles. The molecule has 0 aromatic heterocycles. The molecule has 6 heteroatoms. The highest BCUT2D eigenvalue weighted by atomic mass is 16.5. The van der Waals surface area contributed by atoms with Crippen LogP contribution in [0.2, 0.25) is 0 Å². The van der Waals surface area contributed by atoms with Gasteiger partial charge < -0.3 is 9.47 Å². The first-order valence-corrected chi connectivity index (χ1v) is 7.91. The van der Waals surface area contributed by atoms with Crippen LogP contribution < -0.4 is 0 Å². The third-order valence-corrected chi connectivity index (χ3v) is 6.49. The Kier molecular flexibility index (Phi) is 1.87. The highest BCUT2D eigenvalue weighted by Gasteiger charge is 2.80. The Morgan fingerprint density at radius 3 is 1.09 bits per heavy atom. The van der Waals surface area contributed by atoms with Crippen molar-refractivity contribution in [2.24, 2.45) is 29.1 Å². The molecule has 6 rings (SSSR count). The quantitative estimate of drug-likeness (QED) is 0.439. The van der Waals surface area contributed by atoms with Gasteiger partial charge in [0.2, 0.25) is 5.41 Å². The van der Waals surface area contributed by atoms with Crippen LogP contribution in [0.4, 0.5) is 0 Å². The molecule has 8 atom stereocenters. The summed E-state index contributed by atoms with van der Waals surface area (Å²) in [6.07, 6.45) is 5.12. The van der Waals surface area contributed by atoms with E-state index in [2.05, 4.69) is 0 Å².